The zero-order valence-electron chi connectivity index (χ0n) is 10.2. The number of carbonyl (C=O) groups is 1. The Balaban J connectivity index is 2.70. The summed E-state index contributed by atoms with van der Waals surface area (Å²) in [5.41, 5.74) is 5.19. The highest BCUT2D eigenvalue weighted by atomic mass is 16.6. The molecule has 0 saturated heterocycles. The van der Waals surface area contributed by atoms with Gasteiger partial charge in [0.25, 0.3) is 5.69 Å². The third-order valence-electron chi connectivity index (χ3n) is 2.45. The molecule has 1 aromatic carbocycles. The summed E-state index contributed by atoms with van der Waals surface area (Å²) in [5, 5.41) is 10.7. The monoisotopic (exact) mass is 252 g/mol. The van der Waals surface area contributed by atoms with Crippen LogP contribution in [0.4, 0.5) is 11.4 Å². The number of nitrogen functional groups attached to an aromatic ring is 1. The Morgan fingerprint density at radius 3 is 2.78 bits per heavy atom. The summed E-state index contributed by atoms with van der Waals surface area (Å²) in [4.78, 5) is 21.5. The fourth-order valence-electron chi connectivity index (χ4n) is 1.47. The Morgan fingerprint density at radius 2 is 2.17 bits per heavy atom. The number of nitrogens with two attached hydrogens (primary N) is 1. The minimum Gasteiger partial charge on any atom is -0.424 e. The molecule has 0 aliphatic rings. The lowest BCUT2D eigenvalue weighted by molar-refractivity contribution is -0.383. The van der Waals surface area contributed by atoms with Gasteiger partial charge in [-0.25, -0.2) is 0 Å². The lowest BCUT2D eigenvalue weighted by atomic mass is 10.2. The Kier molecular flexibility index (Phi) is 5.10. The van der Waals surface area contributed by atoms with Crippen LogP contribution in [-0.2, 0) is 4.79 Å². The lowest BCUT2D eigenvalue weighted by Gasteiger charge is -2.06. The summed E-state index contributed by atoms with van der Waals surface area (Å²) in [5.74, 6) is -0.374. The number of esters is 1. The molecule has 0 aliphatic carbocycles. The molecular weight excluding hydrogens is 236 g/mol. The molecule has 0 atom stereocenters. The van der Waals surface area contributed by atoms with E-state index in [1.165, 1.54) is 18.2 Å². The van der Waals surface area contributed by atoms with Crippen molar-refractivity contribution in [3.63, 3.8) is 0 Å². The number of hydrogen-bond acceptors (Lipinski definition) is 5. The molecule has 0 aromatic heterocycles. The van der Waals surface area contributed by atoms with Crippen LogP contribution in [0.25, 0.3) is 0 Å². The molecule has 0 saturated carbocycles. The molecule has 98 valence electrons. The summed E-state index contributed by atoms with van der Waals surface area (Å²) < 4.78 is 5.01. The molecule has 0 bridgehead atoms. The van der Waals surface area contributed by atoms with Gasteiger partial charge in [0.05, 0.1) is 4.92 Å². The first kappa shape index (κ1) is 14.0. The quantitative estimate of drug-likeness (QED) is 0.210. The molecule has 0 heterocycles. The smallest absolute Gasteiger partial charge is 0.311 e. The fourth-order valence-corrected chi connectivity index (χ4v) is 1.47. The summed E-state index contributed by atoms with van der Waals surface area (Å²) in [7, 11) is 0. The van der Waals surface area contributed by atoms with Gasteiger partial charge in [-0.05, 0) is 12.5 Å². The molecule has 0 aliphatic heterocycles. The largest absolute Gasteiger partial charge is 0.424 e. The van der Waals surface area contributed by atoms with Gasteiger partial charge in [-0.1, -0.05) is 25.8 Å². The van der Waals surface area contributed by atoms with Crippen LogP contribution in [0.1, 0.15) is 32.6 Å². The lowest BCUT2D eigenvalue weighted by Crippen LogP contribution is -2.09. The minimum atomic E-state index is -0.607. The van der Waals surface area contributed by atoms with Gasteiger partial charge in [-0.3, -0.25) is 14.9 Å². The van der Waals surface area contributed by atoms with Crippen LogP contribution in [0.5, 0.6) is 5.75 Å². The van der Waals surface area contributed by atoms with E-state index in [0.717, 1.165) is 19.3 Å². The number of benzene rings is 1. The number of nitrogens with zero attached hydrogens (tertiary/aromatic N) is 1. The van der Waals surface area contributed by atoms with Crippen molar-refractivity contribution in [2.45, 2.75) is 32.6 Å². The van der Waals surface area contributed by atoms with Crippen LogP contribution in [0.2, 0.25) is 0 Å². The number of ether oxygens (including phenoxy) is 1. The van der Waals surface area contributed by atoms with Crippen molar-refractivity contribution in [1.29, 1.82) is 0 Å². The number of nitro groups is 1. The number of carbonyl (C=O) groups excluding carboxylic acids is 1. The van der Waals surface area contributed by atoms with Gasteiger partial charge in [0.1, 0.15) is 0 Å². The zero-order chi connectivity index (χ0) is 13.5. The molecule has 0 radical (unpaired) electrons. The number of para-hydroxylation sites is 1. The highest BCUT2D eigenvalue weighted by molar-refractivity contribution is 5.77. The second kappa shape index (κ2) is 6.58. The predicted molar refractivity (Wildman–Crippen MR) is 67.3 cm³/mol. The van der Waals surface area contributed by atoms with Gasteiger partial charge in [-0.15, -0.1) is 0 Å². The first-order chi connectivity index (χ1) is 8.56. The Labute approximate surface area is 105 Å². The molecule has 0 spiro atoms. The molecular formula is C12H16N2O4. The van der Waals surface area contributed by atoms with E-state index in [2.05, 4.69) is 0 Å². The SMILES string of the molecule is CCCCCC(=O)Oc1cccc([N+](=O)[O-])c1N. The molecule has 6 heteroatoms. The van der Waals surface area contributed by atoms with Crippen molar-refractivity contribution in [3.8, 4) is 5.75 Å². The van der Waals surface area contributed by atoms with Gasteiger partial charge in [0.15, 0.2) is 11.4 Å². The average Bonchev–Trinajstić information content (AvgIpc) is 2.32. The Hall–Kier alpha value is -2.11. The third-order valence-corrected chi connectivity index (χ3v) is 2.45. The van der Waals surface area contributed by atoms with E-state index in [0.29, 0.717) is 0 Å². The maximum atomic E-state index is 11.5. The van der Waals surface area contributed by atoms with E-state index in [1.807, 2.05) is 6.92 Å². The predicted octanol–water partition coefficient (Wildman–Crippen LogP) is 2.66. The van der Waals surface area contributed by atoms with Crippen LogP contribution in [0.3, 0.4) is 0 Å². The van der Waals surface area contributed by atoms with Gasteiger partial charge in [0.2, 0.25) is 0 Å². The van der Waals surface area contributed by atoms with Gasteiger partial charge < -0.3 is 10.5 Å². The summed E-state index contributed by atoms with van der Waals surface area (Å²) in [6, 6.07) is 4.15. The van der Waals surface area contributed by atoms with E-state index in [1.54, 1.807) is 0 Å². The Morgan fingerprint density at radius 1 is 1.44 bits per heavy atom. The van der Waals surface area contributed by atoms with E-state index in [9.17, 15) is 14.9 Å². The maximum Gasteiger partial charge on any atom is 0.311 e. The standard InChI is InChI=1S/C12H16N2O4/c1-2-3-4-8-11(15)18-10-7-5-6-9(12(10)13)14(16)17/h5-7H,2-4,8,13H2,1H3. The van der Waals surface area contributed by atoms with Crippen molar-refractivity contribution < 1.29 is 14.5 Å². The average molecular weight is 252 g/mol. The highest BCUT2D eigenvalue weighted by Crippen LogP contribution is 2.31. The molecule has 1 rings (SSSR count). The first-order valence-electron chi connectivity index (χ1n) is 5.79. The second-order valence-electron chi connectivity index (χ2n) is 3.88. The molecule has 0 unspecified atom stereocenters. The zero-order valence-corrected chi connectivity index (χ0v) is 10.2. The van der Waals surface area contributed by atoms with E-state index in [-0.39, 0.29) is 23.5 Å². The normalized spacial score (nSPS) is 10.1. The number of nitro benzene ring substituents is 1. The molecule has 18 heavy (non-hydrogen) atoms. The van der Waals surface area contributed by atoms with Crippen LogP contribution >= 0.6 is 0 Å². The molecule has 2 N–H and O–H groups in total. The molecule has 0 amide bonds. The third kappa shape index (κ3) is 3.73. The topological polar surface area (TPSA) is 95.5 Å². The highest BCUT2D eigenvalue weighted by Gasteiger charge is 2.17. The van der Waals surface area contributed by atoms with E-state index < -0.39 is 10.9 Å². The van der Waals surface area contributed by atoms with Crippen LogP contribution in [-0.4, -0.2) is 10.9 Å². The summed E-state index contributed by atoms with van der Waals surface area (Å²) >= 11 is 0. The van der Waals surface area contributed by atoms with Crippen molar-refractivity contribution >= 4 is 17.3 Å². The molecule has 6 nitrogen and oxygen atoms in total. The molecule has 1 aromatic rings. The van der Waals surface area contributed by atoms with Crippen molar-refractivity contribution in [3.05, 3.63) is 28.3 Å². The fraction of sp³-hybridized carbons (Fsp3) is 0.417. The van der Waals surface area contributed by atoms with Crippen molar-refractivity contribution in [2.24, 2.45) is 0 Å². The van der Waals surface area contributed by atoms with E-state index in [4.69, 9.17) is 10.5 Å². The van der Waals surface area contributed by atoms with Crippen LogP contribution in [0, 0.1) is 10.1 Å². The summed E-state index contributed by atoms with van der Waals surface area (Å²) in [6.07, 6.45) is 2.98. The molecule has 0 fully saturated rings. The van der Waals surface area contributed by atoms with Crippen molar-refractivity contribution in [2.75, 3.05) is 5.73 Å². The van der Waals surface area contributed by atoms with Crippen LogP contribution in [0.15, 0.2) is 18.2 Å². The Bertz CT molecular complexity index is 446. The first-order valence-corrected chi connectivity index (χ1v) is 5.79. The van der Waals surface area contributed by atoms with Gasteiger partial charge in [-0.2, -0.15) is 0 Å². The number of hydrogen-bond donors (Lipinski definition) is 1. The van der Waals surface area contributed by atoms with Gasteiger partial charge >= 0.3 is 5.97 Å². The number of unbranched alkanes of at least 4 members (excludes halogenated alkanes) is 2. The second-order valence-corrected chi connectivity index (χ2v) is 3.88. The maximum absolute atomic E-state index is 11.5. The van der Waals surface area contributed by atoms with Gasteiger partial charge in [0, 0.05) is 12.5 Å². The van der Waals surface area contributed by atoms with E-state index >= 15 is 0 Å². The van der Waals surface area contributed by atoms with Crippen LogP contribution < -0.4 is 10.5 Å². The summed E-state index contributed by atoms with van der Waals surface area (Å²) in [6.45, 7) is 2.03. The number of rotatable bonds is 6. The minimum absolute atomic E-state index is 0.0469. The number of anilines is 1. The van der Waals surface area contributed by atoms with Crippen molar-refractivity contribution in [1.82, 2.24) is 0 Å².